The van der Waals surface area contributed by atoms with E-state index in [4.69, 9.17) is 0 Å². The van der Waals surface area contributed by atoms with E-state index in [1.54, 1.807) is 31.2 Å². The Labute approximate surface area is 125 Å². The number of hydrogen-bond acceptors (Lipinski definition) is 6. The Kier molecular flexibility index (Phi) is 3.42. The second kappa shape index (κ2) is 5.40. The topological polar surface area (TPSA) is 105 Å². The highest BCUT2D eigenvalue weighted by Gasteiger charge is 2.34. The summed E-state index contributed by atoms with van der Waals surface area (Å²) in [5.74, 6) is -0.914. The van der Waals surface area contributed by atoms with Crippen LogP contribution in [-0.2, 0) is 4.79 Å². The van der Waals surface area contributed by atoms with Crippen LogP contribution in [0.4, 0.5) is 5.82 Å². The predicted molar refractivity (Wildman–Crippen MR) is 74.1 cm³/mol. The second-order valence-electron chi connectivity index (χ2n) is 4.80. The largest absolute Gasteiger partial charge is 0.306 e. The third-order valence-corrected chi connectivity index (χ3v) is 3.35. The molecule has 0 radical (unpaired) electrons. The maximum atomic E-state index is 12.1. The van der Waals surface area contributed by atoms with Gasteiger partial charge in [-0.3, -0.25) is 19.3 Å². The van der Waals surface area contributed by atoms with E-state index in [1.807, 2.05) is 0 Å². The highest BCUT2D eigenvalue weighted by molar-refractivity contribution is 6.21. The standard InChI is InChI=1S/C14H12N4O4/c1-8-12(17-22-16-8)15-11(19)6-7-18-13(20)9-4-2-3-5-10(9)14(18)21/h2-5H,6-7H2,1H3,(H,15,17,19). The number of anilines is 1. The number of hydrogen-bond donors (Lipinski definition) is 1. The van der Waals surface area contributed by atoms with Gasteiger partial charge in [-0.1, -0.05) is 17.3 Å². The van der Waals surface area contributed by atoms with Crippen molar-refractivity contribution in [2.45, 2.75) is 13.3 Å². The highest BCUT2D eigenvalue weighted by Crippen LogP contribution is 2.22. The summed E-state index contributed by atoms with van der Waals surface area (Å²) in [6.45, 7) is 1.64. The Morgan fingerprint density at radius 2 is 1.82 bits per heavy atom. The molecule has 0 saturated carbocycles. The van der Waals surface area contributed by atoms with Crippen molar-refractivity contribution in [3.63, 3.8) is 0 Å². The molecule has 2 aromatic rings. The quantitative estimate of drug-likeness (QED) is 0.844. The van der Waals surface area contributed by atoms with Crippen LogP contribution in [0.15, 0.2) is 28.9 Å². The van der Waals surface area contributed by atoms with E-state index in [0.717, 1.165) is 4.90 Å². The molecule has 0 atom stereocenters. The molecule has 0 unspecified atom stereocenters. The van der Waals surface area contributed by atoms with Crippen LogP contribution < -0.4 is 5.32 Å². The number of imide groups is 1. The number of rotatable bonds is 4. The molecule has 22 heavy (non-hydrogen) atoms. The zero-order valence-corrected chi connectivity index (χ0v) is 11.7. The second-order valence-corrected chi connectivity index (χ2v) is 4.80. The molecule has 0 spiro atoms. The number of nitrogens with zero attached hydrogens (tertiary/aromatic N) is 3. The zero-order chi connectivity index (χ0) is 15.7. The molecule has 1 aliphatic heterocycles. The fraction of sp³-hybridized carbons (Fsp3) is 0.214. The number of aryl methyl sites for hydroxylation is 1. The number of fused-ring (bicyclic) bond motifs is 1. The van der Waals surface area contributed by atoms with Crippen LogP contribution in [0, 0.1) is 6.92 Å². The normalized spacial score (nSPS) is 13.4. The molecule has 8 nitrogen and oxygen atoms in total. The molecular weight excluding hydrogens is 288 g/mol. The number of nitrogens with one attached hydrogen (secondary N) is 1. The summed E-state index contributed by atoms with van der Waals surface area (Å²) in [7, 11) is 0. The van der Waals surface area contributed by atoms with Crippen LogP contribution in [0.5, 0.6) is 0 Å². The minimum Gasteiger partial charge on any atom is -0.306 e. The summed E-state index contributed by atoms with van der Waals surface area (Å²) in [5.41, 5.74) is 1.18. The van der Waals surface area contributed by atoms with Crippen molar-refractivity contribution in [1.29, 1.82) is 0 Å². The maximum Gasteiger partial charge on any atom is 0.261 e. The first-order valence-electron chi connectivity index (χ1n) is 6.62. The molecule has 0 bridgehead atoms. The molecule has 1 aromatic heterocycles. The summed E-state index contributed by atoms with van der Waals surface area (Å²) < 4.78 is 4.47. The minimum atomic E-state index is -0.382. The van der Waals surface area contributed by atoms with Gasteiger partial charge in [0.25, 0.3) is 11.8 Å². The van der Waals surface area contributed by atoms with Gasteiger partial charge in [0.05, 0.1) is 11.1 Å². The molecule has 0 saturated heterocycles. The lowest BCUT2D eigenvalue weighted by molar-refractivity contribution is -0.116. The number of aromatic nitrogens is 2. The van der Waals surface area contributed by atoms with E-state index in [2.05, 4.69) is 20.3 Å². The van der Waals surface area contributed by atoms with Crippen molar-refractivity contribution in [3.8, 4) is 0 Å². The van der Waals surface area contributed by atoms with Crippen molar-refractivity contribution in [1.82, 2.24) is 15.2 Å². The molecule has 1 aliphatic rings. The van der Waals surface area contributed by atoms with Crippen LogP contribution in [-0.4, -0.2) is 39.5 Å². The Bertz CT molecular complexity index is 733. The first-order chi connectivity index (χ1) is 10.6. The Morgan fingerprint density at radius 3 is 2.36 bits per heavy atom. The molecular formula is C14H12N4O4. The van der Waals surface area contributed by atoms with Gasteiger partial charge in [0.15, 0.2) is 5.82 Å². The van der Waals surface area contributed by atoms with Gasteiger partial charge >= 0.3 is 0 Å². The van der Waals surface area contributed by atoms with Gasteiger partial charge in [-0.15, -0.1) is 0 Å². The minimum absolute atomic E-state index is 0.00249. The zero-order valence-electron chi connectivity index (χ0n) is 11.7. The molecule has 0 aliphatic carbocycles. The van der Waals surface area contributed by atoms with Gasteiger partial charge in [0.1, 0.15) is 5.69 Å². The third kappa shape index (κ3) is 2.34. The van der Waals surface area contributed by atoms with E-state index >= 15 is 0 Å². The molecule has 1 aromatic carbocycles. The lowest BCUT2D eigenvalue weighted by atomic mass is 10.1. The number of carbonyl (C=O) groups is 3. The number of amides is 3. The third-order valence-electron chi connectivity index (χ3n) is 3.35. The van der Waals surface area contributed by atoms with Crippen molar-refractivity contribution in [2.24, 2.45) is 0 Å². The lowest BCUT2D eigenvalue weighted by Crippen LogP contribution is -2.33. The van der Waals surface area contributed by atoms with Gasteiger partial charge in [-0.2, -0.15) is 0 Å². The summed E-state index contributed by atoms with van der Waals surface area (Å²) >= 11 is 0. The Hall–Kier alpha value is -3.03. The van der Waals surface area contributed by atoms with E-state index in [-0.39, 0.29) is 36.5 Å². The monoisotopic (exact) mass is 300 g/mol. The van der Waals surface area contributed by atoms with Crippen LogP contribution in [0.25, 0.3) is 0 Å². The smallest absolute Gasteiger partial charge is 0.261 e. The van der Waals surface area contributed by atoms with E-state index < -0.39 is 0 Å². The highest BCUT2D eigenvalue weighted by atomic mass is 16.6. The molecule has 3 rings (SSSR count). The summed E-state index contributed by atoms with van der Waals surface area (Å²) in [5, 5.41) is 9.58. The summed E-state index contributed by atoms with van der Waals surface area (Å²) in [6, 6.07) is 6.58. The van der Waals surface area contributed by atoms with Crippen molar-refractivity contribution < 1.29 is 19.0 Å². The first kappa shape index (κ1) is 13.9. The Morgan fingerprint density at radius 1 is 1.18 bits per heavy atom. The van der Waals surface area contributed by atoms with E-state index in [1.165, 1.54) is 0 Å². The van der Waals surface area contributed by atoms with Crippen LogP contribution in [0.1, 0.15) is 32.8 Å². The van der Waals surface area contributed by atoms with Gasteiger partial charge in [0.2, 0.25) is 5.91 Å². The predicted octanol–water partition coefficient (Wildman–Crippen LogP) is 1.00. The van der Waals surface area contributed by atoms with Crippen LogP contribution in [0.3, 0.4) is 0 Å². The molecule has 112 valence electrons. The molecule has 1 N–H and O–H groups in total. The van der Waals surface area contributed by atoms with E-state index in [9.17, 15) is 14.4 Å². The fourth-order valence-electron chi connectivity index (χ4n) is 2.20. The molecule has 2 heterocycles. The average Bonchev–Trinajstić information content (AvgIpc) is 3.01. The van der Waals surface area contributed by atoms with Gasteiger partial charge < -0.3 is 5.32 Å². The van der Waals surface area contributed by atoms with Crippen LogP contribution in [0.2, 0.25) is 0 Å². The molecule has 3 amide bonds. The molecule has 8 heteroatoms. The lowest BCUT2D eigenvalue weighted by Gasteiger charge is -2.12. The average molecular weight is 300 g/mol. The number of carbonyl (C=O) groups excluding carboxylic acids is 3. The summed E-state index contributed by atoms with van der Waals surface area (Å²) in [6.07, 6.45) is -0.0300. The van der Waals surface area contributed by atoms with E-state index in [0.29, 0.717) is 16.8 Å². The SMILES string of the molecule is Cc1nonc1NC(=O)CCN1C(=O)c2ccccc2C1=O. The van der Waals surface area contributed by atoms with Gasteiger partial charge in [0, 0.05) is 13.0 Å². The van der Waals surface area contributed by atoms with Crippen molar-refractivity contribution >= 4 is 23.5 Å². The van der Waals surface area contributed by atoms with Gasteiger partial charge in [-0.05, 0) is 24.2 Å². The van der Waals surface area contributed by atoms with Crippen molar-refractivity contribution in [2.75, 3.05) is 11.9 Å². The fourth-order valence-corrected chi connectivity index (χ4v) is 2.20. The first-order valence-corrected chi connectivity index (χ1v) is 6.62. The Balaban J connectivity index is 1.63. The molecule has 0 fully saturated rings. The van der Waals surface area contributed by atoms with Crippen molar-refractivity contribution in [3.05, 3.63) is 41.1 Å². The van der Waals surface area contributed by atoms with Gasteiger partial charge in [-0.25, -0.2) is 4.63 Å². The maximum absolute atomic E-state index is 12.1. The number of benzene rings is 1. The summed E-state index contributed by atoms with van der Waals surface area (Å²) in [4.78, 5) is 37.2. The van der Waals surface area contributed by atoms with Crippen LogP contribution >= 0.6 is 0 Å².